The monoisotopic (exact) mass is 461 g/mol. The molecule has 5 unspecified atom stereocenters. The first-order valence-corrected chi connectivity index (χ1v) is 8.71. The SMILES string of the molecule is CN=C(NCC(O)c1ccccc1F)N1CC2C3CCC(O3)C2C1.I. The van der Waals surface area contributed by atoms with Crippen molar-refractivity contribution in [1.82, 2.24) is 10.2 Å². The summed E-state index contributed by atoms with van der Waals surface area (Å²) < 4.78 is 19.8. The Bertz CT molecular complexity index is 627. The maximum atomic E-state index is 13.8. The third-order valence-corrected chi connectivity index (χ3v) is 5.68. The topological polar surface area (TPSA) is 57.1 Å². The third-order valence-electron chi connectivity index (χ3n) is 5.68. The van der Waals surface area contributed by atoms with Gasteiger partial charge in [-0.25, -0.2) is 4.39 Å². The predicted molar refractivity (Wildman–Crippen MR) is 105 cm³/mol. The second kappa shape index (κ2) is 7.75. The van der Waals surface area contributed by atoms with E-state index in [9.17, 15) is 9.50 Å². The van der Waals surface area contributed by atoms with Crippen LogP contribution in [0.25, 0.3) is 0 Å². The Balaban J connectivity index is 0.00000182. The van der Waals surface area contributed by atoms with Crippen LogP contribution in [-0.2, 0) is 4.74 Å². The van der Waals surface area contributed by atoms with Crippen LogP contribution >= 0.6 is 24.0 Å². The van der Waals surface area contributed by atoms with Gasteiger partial charge in [0.25, 0.3) is 0 Å². The lowest BCUT2D eigenvalue weighted by atomic mass is 9.82. The fourth-order valence-electron chi connectivity index (χ4n) is 4.51. The van der Waals surface area contributed by atoms with Crippen molar-refractivity contribution in [2.45, 2.75) is 31.2 Å². The highest BCUT2D eigenvalue weighted by atomic mass is 127. The van der Waals surface area contributed by atoms with E-state index < -0.39 is 6.10 Å². The van der Waals surface area contributed by atoms with E-state index >= 15 is 0 Å². The highest BCUT2D eigenvalue weighted by molar-refractivity contribution is 14.0. The molecule has 1 aromatic rings. The van der Waals surface area contributed by atoms with E-state index in [1.54, 1.807) is 25.2 Å². The molecule has 2 N–H and O–H groups in total. The van der Waals surface area contributed by atoms with Crippen LogP contribution in [0.5, 0.6) is 0 Å². The molecule has 25 heavy (non-hydrogen) atoms. The van der Waals surface area contributed by atoms with Gasteiger partial charge in [-0.05, 0) is 18.9 Å². The highest BCUT2D eigenvalue weighted by Gasteiger charge is 2.53. The summed E-state index contributed by atoms with van der Waals surface area (Å²) in [5.74, 6) is 1.59. The smallest absolute Gasteiger partial charge is 0.193 e. The molecule has 0 aromatic heterocycles. The minimum Gasteiger partial charge on any atom is -0.386 e. The first-order valence-electron chi connectivity index (χ1n) is 8.71. The number of aliphatic imine (C=N–C) groups is 1. The van der Waals surface area contributed by atoms with Gasteiger partial charge in [0.1, 0.15) is 5.82 Å². The number of aliphatic hydroxyl groups is 1. The average Bonchev–Trinajstić information content (AvgIpc) is 3.28. The molecule has 3 heterocycles. The van der Waals surface area contributed by atoms with E-state index in [0.717, 1.165) is 19.0 Å². The Hall–Kier alpha value is -0.930. The van der Waals surface area contributed by atoms with Crippen molar-refractivity contribution in [3.05, 3.63) is 35.6 Å². The number of fused-ring (bicyclic) bond motifs is 5. The van der Waals surface area contributed by atoms with Crippen LogP contribution in [0, 0.1) is 17.7 Å². The second-order valence-corrected chi connectivity index (χ2v) is 6.99. The molecule has 3 aliphatic rings. The molecule has 2 bridgehead atoms. The summed E-state index contributed by atoms with van der Waals surface area (Å²) >= 11 is 0. The van der Waals surface area contributed by atoms with Crippen LogP contribution < -0.4 is 5.32 Å². The number of guanidine groups is 1. The fraction of sp³-hybridized carbons (Fsp3) is 0.611. The molecule has 3 fully saturated rings. The molecule has 5 nitrogen and oxygen atoms in total. The van der Waals surface area contributed by atoms with Gasteiger partial charge in [-0.3, -0.25) is 4.99 Å². The minimum atomic E-state index is -0.899. The van der Waals surface area contributed by atoms with E-state index in [2.05, 4.69) is 15.2 Å². The highest BCUT2D eigenvalue weighted by Crippen LogP contribution is 2.47. The number of hydrogen-bond donors (Lipinski definition) is 2. The van der Waals surface area contributed by atoms with Crippen molar-refractivity contribution >= 4 is 29.9 Å². The molecule has 138 valence electrons. The van der Waals surface area contributed by atoms with E-state index in [-0.39, 0.29) is 36.3 Å². The van der Waals surface area contributed by atoms with Gasteiger partial charge in [0.05, 0.1) is 18.3 Å². The van der Waals surface area contributed by atoms with Crippen molar-refractivity contribution in [3.8, 4) is 0 Å². The number of likely N-dealkylation sites (tertiary alicyclic amines) is 1. The zero-order valence-corrected chi connectivity index (χ0v) is 16.6. The van der Waals surface area contributed by atoms with Crippen molar-refractivity contribution < 1.29 is 14.2 Å². The molecule has 5 atom stereocenters. The van der Waals surface area contributed by atoms with E-state index in [4.69, 9.17) is 4.74 Å². The van der Waals surface area contributed by atoms with Gasteiger partial charge in [-0.15, -0.1) is 24.0 Å². The fourth-order valence-corrected chi connectivity index (χ4v) is 4.51. The Labute approximate surface area is 164 Å². The quantitative estimate of drug-likeness (QED) is 0.412. The predicted octanol–water partition coefficient (Wildman–Crippen LogP) is 2.16. The van der Waals surface area contributed by atoms with Crippen LogP contribution in [0.3, 0.4) is 0 Å². The Morgan fingerprint density at radius 3 is 2.56 bits per heavy atom. The van der Waals surface area contributed by atoms with Crippen LogP contribution in [0.15, 0.2) is 29.3 Å². The van der Waals surface area contributed by atoms with Crippen molar-refractivity contribution in [1.29, 1.82) is 0 Å². The Morgan fingerprint density at radius 1 is 1.32 bits per heavy atom. The Kier molecular flexibility index (Phi) is 5.85. The average molecular weight is 461 g/mol. The summed E-state index contributed by atoms with van der Waals surface area (Å²) in [6.07, 6.45) is 2.28. The van der Waals surface area contributed by atoms with Gasteiger partial charge >= 0.3 is 0 Å². The van der Waals surface area contributed by atoms with Crippen molar-refractivity contribution in [3.63, 3.8) is 0 Å². The van der Waals surface area contributed by atoms with Crippen molar-refractivity contribution in [2.24, 2.45) is 16.8 Å². The molecule has 0 saturated carbocycles. The molecular weight excluding hydrogens is 436 g/mol. The van der Waals surface area contributed by atoms with Gasteiger partial charge in [0.2, 0.25) is 0 Å². The molecule has 0 spiro atoms. The lowest BCUT2D eigenvalue weighted by molar-refractivity contribution is 0.0765. The lowest BCUT2D eigenvalue weighted by Crippen LogP contribution is -2.42. The molecule has 4 rings (SSSR count). The largest absolute Gasteiger partial charge is 0.386 e. The summed E-state index contributed by atoms with van der Waals surface area (Å²) in [6, 6.07) is 6.33. The van der Waals surface area contributed by atoms with Gasteiger partial charge in [-0.2, -0.15) is 0 Å². The molecule has 7 heteroatoms. The number of nitrogens with one attached hydrogen (secondary N) is 1. The molecule has 0 radical (unpaired) electrons. The number of aliphatic hydroxyl groups excluding tert-OH is 1. The number of ether oxygens (including phenoxy) is 1. The zero-order chi connectivity index (χ0) is 16.7. The van der Waals surface area contributed by atoms with Gasteiger partial charge in [0, 0.05) is 44.1 Å². The van der Waals surface area contributed by atoms with Crippen LogP contribution in [0.2, 0.25) is 0 Å². The summed E-state index contributed by atoms with van der Waals surface area (Å²) in [7, 11) is 1.75. The van der Waals surface area contributed by atoms with E-state index in [1.165, 1.54) is 18.9 Å². The Morgan fingerprint density at radius 2 is 1.96 bits per heavy atom. The number of halogens is 2. The van der Waals surface area contributed by atoms with Crippen LogP contribution in [0.4, 0.5) is 4.39 Å². The number of benzene rings is 1. The number of nitrogens with zero attached hydrogens (tertiary/aromatic N) is 2. The number of hydrogen-bond acceptors (Lipinski definition) is 3. The van der Waals surface area contributed by atoms with Gasteiger partial charge in [-0.1, -0.05) is 18.2 Å². The third kappa shape index (κ3) is 3.50. The minimum absolute atomic E-state index is 0. The van der Waals surface area contributed by atoms with Gasteiger partial charge < -0.3 is 20.1 Å². The molecule has 1 aromatic carbocycles. The molecule has 0 amide bonds. The first kappa shape index (κ1) is 18.8. The van der Waals surface area contributed by atoms with E-state index in [1.807, 2.05) is 0 Å². The molecular formula is C18H25FIN3O2. The van der Waals surface area contributed by atoms with Crippen LogP contribution in [-0.4, -0.2) is 54.9 Å². The van der Waals surface area contributed by atoms with E-state index in [0.29, 0.717) is 29.6 Å². The summed E-state index contributed by atoms with van der Waals surface area (Å²) in [5.41, 5.74) is 0.310. The second-order valence-electron chi connectivity index (χ2n) is 6.99. The zero-order valence-electron chi connectivity index (χ0n) is 14.3. The summed E-state index contributed by atoms with van der Waals surface area (Å²) in [6.45, 7) is 2.13. The molecule has 0 aliphatic carbocycles. The lowest BCUT2D eigenvalue weighted by Gasteiger charge is -2.24. The molecule has 3 saturated heterocycles. The maximum Gasteiger partial charge on any atom is 0.193 e. The maximum absolute atomic E-state index is 13.8. The molecule has 3 aliphatic heterocycles. The standard InChI is InChI=1S/C18H24FN3O2.HI/c1-20-18(21-8-15(23)11-4-2-3-5-14(11)19)22-9-12-13(10-22)17-7-6-16(12)24-17;/h2-5,12-13,15-17,23H,6-10H2,1H3,(H,20,21);1H. The number of rotatable bonds is 3. The summed E-state index contributed by atoms with van der Waals surface area (Å²) in [4.78, 5) is 6.59. The van der Waals surface area contributed by atoms with Crippen molar-refractivity contribution in [2.75, 3.05) is 26.7 Å². The first-order chi connectivity index (χ1) is 11.7. The van der Waals surface area contributed by atoms with Crippen LogP contribution in [0.1, 0.15) is 24.5 Å². The summed E-state index contributed by atoms with van der Waals surface area (Å²) in [5, 5.41) is 13.4. The van der Waals surface area contributed by atoms with Gasteiger partial charge in [0.15, 0.2) is 5.96 Å². The normalized spacial score (nSPS) is 31.6.